The van der Waals surface area contributed by atoms with E-state index in [-0.39, 0.29) is 29.9 Å². The van der Waals surface area contributed by atoms with Gasteiger partial charge in [0, 0.05) is 12.0 Å². The molecule has 38 heavy (non-hydrogen) atoms. The third-order valence-corrected chi connectivity index (χ3v) is 7.84. The van der Waals surface area contributed by atoms with Crippen LogP contribution in [0.4, 0.5) is 5.69 Å². The maximum Gasteiger partial charge on any atom is 0.294 e. The lowest BCUT2D eigenvalue weighted by atomic mass is 9.52. The summed E-state index contributed by atoms with van der Waals surface area (Å²) in [6.07, 6.45) is 1.33. The number of rotatable bonds is 4. The predicted molar refractivity (Wildman–Crippen MR) is 126 cm³/mol. The standard InChI is InChI=1S/C25H24N4O9/c1-29(2)17-11-8-10-7-9-3-4-12(28-24(36)13-5-6-27-38-13)18(30)14(9)19(31)15(10)21(33)25(11,37)22(34)16(20(17)32)23(26)35/h3-6,10-11,15-17,30,37H,7-8H2,1-2H3,(H2,26,35)(H,28,36). The Morgan fingerprint density at radius 1 is 1.16 bits per heavy atom. The molecule has 198 valence electrons. The number of amides is 2. The van der Waals surface area contributed by atoms with Gasteiger partial charge in [0.2, 0.25) is 11.7 Å². The number of carbonyl (C=O) groups is 6. The number of fused-ring (bicyclic) bond motifs is 3. The smallest absolute Gasteiger partial charge is 0.294 e. The zero-order chi connectivity index (χ0) is 27.7. The molecule has 6 unspecified atom stereocenters. The molecule has 2 saturated carbocycles. The molecule has 1 aromatic heterocycles. The second kappa shape index (κ2) is 8.67. The minimum atomic E-state index is -2.80. The normalized spacial score (nSPS) is 30.5. The number of benzene rings is 1. The van der Waals surface area contributed by atoms with Crippen LogP contribution in [0, 0.1) is 23.7 Å². The van der Waals surface area contributed by atoms with Crippen LogP contribution >= 0.6 is 0 Å². The summed E-state index contributed by atoms with van der Waals surface area (Å²) in [5, 5.41) is 28.3. The summed E-state index contributed by atoms with van der Waals surface area (Å²) in [5.74, 6) is -12.3. The number of aromatic nitrogens is 1. The van der Waals surface area contributed by atoms with Crippen molar-refractivity contribution in [1.29, 1.82) is 0 Å². The largest absolute Gasteiger partial charge is 0.505 e. The number of aliphatic hydroxyl groups is 1. The molecule has 2 fully saturated rings. The van der Waals surface area contributed by atoms with Crippen LogP contribution in [0.3, 0.4) is 0 Å². The summed E-state index contributed by atoms with van der Waals surface area (Å²) in [4.78, 5) is 79.6. The minimum absolute atomic E-state index is 0.0470. The highest BCUT2D eigenvalue weighted by molar-refractivity contribution is 6.32. The molecule has 5 rings (SSSR count). The van der Waals surface area contributed by atoms with E-state index in [0.717, 1.165) is 0 Å². The van der Waals surface area contributed by atoms with Crippen molar-refractivity contribution in [2.75, 3.05) is 19.4 Å². The van der Waals surface area contributed by atoms with Gasteiger partial charge in [-0.1, -0.05) is 11.2 Å². The van der Waals surface area contributed by atoms with Crippen molar-refractivity contribution in [3.05, 3.63) is 41.3 Å². The highest BCUT2D eigenvalue weighted by Crippen LogP contribution is 2.51. The zero-order valence-electron chi connectivity index (χ0n) is 20.3. The first kappa shape index (κ1) is 25.4. The average molecular weight is 524 g/mol. The van der Waals surface area contributed by atoms with Crippen LogP contribution in [0.1, 0.15) is 32.9 Å². The van der Waals surface area contributed by atoms with E-state index in [9.17, 15) is 39.0 Å². The zero-order valence-corrected chi connectivity index (χ0v) is 20.3. The molecular weight excluding hydrogens is 500 g/mol. The Bertz CT molecular complexity index is 1420. The fourth-order valence-electron chi connectivity index (χ4n) is 6.20. The lowest BCUT2D eigenvalue weighted by Crippen LogP contribution is -2.74. The number of nitrogens with one attached hydrogen (secondary N) is 1. The fourth-order valence-corrected chi connectivity index (χ4v) is 6.20. The summed E-state index contributed by atoms with van der Waals surface area (Å²) in [6, 6.07) is 3.04. The first-order chi connectivity index (χ1) is 17.9. The van der Waals surface area contributed by atoms with Crippen molar-refractivity contribution in [3.63, 3.8) is 0 Å². The number of anilines is 1. The summed E-state index contributed by atoms with van der Waals surface area (Å²) in [7, 11) is 3.03. The highest BCUT2D eigenvalue weighted by atomic mass is 16.5. The van der Waals surface area contributed by atoms with Gasteiger partial charge in [0.1, 0.15) is 5.75 Å². The van der Waals surface area contributed by atoms with E-state index in [2.05, 4.69) is 10.5 Å². The number of Topliss-reactive ketones (excluding diaryl/α,β-unsaturated/α-hetero) is 4. The van der Waals surface area contributed by atoms with Crippen LogP contribution in [-0.4, -0.2) is 81.0 Å². The Hall–Kier alpha value is -4.23. The molecule has 3 aliphatic carbocycles. The molecule has 1 heterocycles. The van der Waals surface area contributed by atoms with Crippen molar-refractivity contribution in [2.45, 2.75) is 24.5 Å². The number of primary amides is 1. The number of ketones is 4. The molecule has 3 aliphatic rings. The lowest BCUT2D eigenvalue weighted by Gasteiger charge is -2.52. The number of phenolic OH excluding ortho intramolecular Hbond substituents is 1. The van der Waals surface area contributed by atoms with Crippen LogP contribution in [0.25, 0.3) is 0 Å². The van der Waals surface area contributed by atoms with Gasteiger partial charge in [-0.05, 0) is 44.5 Å². The number of nitrogens with two attached hydrogens (primary N) is 1. The maximum atomic E-state index is 13.8. The molecule has 0 radical (unpaired) electrons. The Kier molecular flexibility index (Phi) is 5.80. The Morgan fingerprint density at radius 2 is 1.87 bits per heavy atom. The van der Waals surface area contributed by atoms with Crippen molar-refractivity contribution < 1.29 is 43.5 Å². The van der Waals surface area contributed by atoms with Gasteiger partial charge in [-0.25, -0.2) is 0 Å². The maximum absolute atomic E-state index is 13.8. The van der Waals surface area contributed by atoms with Gasteiger partial charge in [0.05, 0.1) is 29.4 Å². The SMILES string of the molecule is CN(C)C1C(=O)C(C(N)=O)C(=O)C2(O)C(=O)C3C(=O)c4c(ccc(NC(=O)c5ccno5)c4O)CC3CC12. The molecule has 1 aromatic carbocycles. The molecule has 2 aromatic rings. The molecule has 0 bridgehead atoms. The van der Waals surface area contributed by atoms with Crippen molar-refractivity contribution in [3.8, 4) is 5.75 Å². The van der Waals surface area contributed by atoms with Crippen LogP contribution in [0.15, 0.2) is 28.9 Å². The summed E-state index contributed by atoms with van der Waals surface area (Å²) >= 11 is 0. The van der Waals surface area contributed by atoms with E-state index >= 15 is 0 Å². The van der Waals surface area contributed by atoms with Crippen molar-refractivity contribution in [2.24, 2.45) is 29.4 Å². The van der Waals surface area contributed by atoms with Gasteiger partial charge >= 0.3 is 0 Å². The van der Waals surface area contributed by atoms with Gasteiger partial charge in [0.25, 0.3) is 5.91 Å². The minimum Gasteiger partial charge on any atom is -0.505 e. The highest BCUT2D eigenvalue weighted by Gasteiger charge is 2.69. The second-order valence-corrected chi connectivity index (χ2v) is 10.1. The van der Waals surface area contributed by atoms with E-state index in [4.69, 9.17) is 10.3 Å². The van der Waals surface area contributed by atoms with E-state index in [1.807, 2.05) is 0 Å². The first-order valence-corrected chi connectivity index (χ1v) is 11.8. The number of aromatic hydroxyl groups is 1. The number of phenols is 1. The summed E-state index contributed by atoms with van der Waals surface area (Å²) < 4.78 is 4.78. The Morgan fingerprint density at radius 3 is 2.47 bits per heavy atom. The van der Waals surface area contributed by atoms with E-state index in [0.29, 0.717) is 5.56 Å². The molecule has 0 saturated heterocycles. The number of likely N-dealkylation sites (N-methyl/N-ethyl adjacent to an activating group) is 1. The van der Waals surface area contributed by atoms with Gasteiger partial charge in [-0.15, -0.1) is 0 Å². The van der Waals surface area contributed by atoms with E-state index in [1.54, 1.807) is 0 Å². The average Bonchev–Trinajstić information content (AvgIpc) is 3.38. The van der Waals surface area contributed by atoms with Crippen LogP contribution in [0.2, 0.25) is 0 Å². The lowest BCUT2D eigenvalue weighted by molar-refractivity contribution is -0.181. The molecule has 13 heteroatoms. The van der Waals surface area contributed by atoms with Gasteiger partial charge in [0.15, 0.2) is 34.7 Å². The van der Waals surface area contributed by atoms with Gasteiger partial charge in [-0.3, -0.25) is 33.7 Å². The van der Waals surface area contributed by atoms with Crippen molar-refractivity contribution >= 4 is 40.6 Å². The second-order valence-electron chi connectivity index (χ2n) is 10.1. The first-order valence-electron chi connectivity index (χ1n) is 11.8. The molecular formula is C25H24N4O9. The molecule has 2 amide bonds. The molecule has 5 N–H and O–H groups in total. The van der Waals surface area contributed by atoms with E-state index < -0.39 is 76.0 Å². The van der Waals surface area contributed by atoms with Crippen molar-refractivity contribution in [1.82, 2.24) is 10.1 Å². The van der Waals surface area contributed by atoms with Gasteiger partial charge in [-0.2, -0.15) is 0 Å². The van der Waals surface area contributed by atoms with Crippen LogP contribution in [0.5, 0.6) is 5.75 Å². The topological polar surface area (TPSA) is 210 Å². The fraction of sp³-hybridized carbons (Fsp3) is 0.400. The molecule has 0 aliphatic heterocycles. The quantitative estimate of drug-likeness (QED) is 0.284. The number of hydrogen-bond acceptors (Lipinski definition) is 11. The Labute approximate surface area is 214 Å². The predicted octanol–water partition coefficient (Wildman–Crippen LogP) is -0.893. The number of carbonyl (C=O) groups excluding carboxylic acids is 6. The Balaban J connectivity index is 1.55. The number of hydrogen-bond donors (Lipinski definition) is 4. The van der Waals surface area contributed by atoms with Gasteiger partial charge < -0.3 is 25.8 Å². The monoisotopic (exact) mass is 524 g/mol. The summed E-state index contributed by atoms with van der Waals surface area (Å²) in [5.41, 5.74) is 2.54. The molecule has 0 spiro atoms. The number of nitrogens with zero attached hydrogens (tertiary/aromatic N) is 2. The van der Waals surface area contributed by atoms with Crippen LogP contribution < -0.4 is 11.1 Å². The molecule has 13 nitrogen and oxygen atoms in total. The molecule has 6 atom stereocenters. The third kappa shape index (κ3) is 3.42. The summed E-state index contributed by atoms with van der Waals surface area (Å²) in [6.45, 7) is 0. The van der Waals surface area contributed by atoms with Crippen LogP contribution in [-0.2, 0) is 25.6 Å². The third-order valence-electron chi connectivity index (χ3n) is 7.84. The van der Waals surface area contributed by atoms with E-state index in [1.165, 1.54) is 43.4 Å².